The quantitative estimate of drug-likeness (QED) is 0.532. The fourth-order valence-corrected chi connectivity index (χ4v) is 5.02. The van der Waals surface area contributed by atoms with Crippen molar-refractivity contribution < 1.29 is 21.6 Å². The van der Waals surface area contributed by atoms with Crippen molar-refractivity contribution in [3.63, 3.8) is 0 Å². The number of fused-ring (bicyclic) bond motifs is 1. The van der Waals surface area contributed by atoms with Gasteiger partial charge in [0.15, 0.2) is 0 Å². The summed E-state index contributed by atoms with van der Waals surface area (Å²) in [4.78, 5) is 2.91. The van der Waals surface area contributed by atoms with E-state index in [1.165, 1.54) is 6.20 Å². The highest BCUT2D eigenvalue weighted by molar-refractivity contribution is 9.10. The van der Waals surface area contributed by atoms with Crippen LogP contribution in [0.1, 0.15) is 22.5 Å². The Morgan fingerprint density at radius 3 is 2.60 bits per heavy atom. The second-order valence-electron chi connectivity index (χ2n) is 6.33. The van der Waals surface area contributed by atoms with Gasteiger partial charge < -0.3 is 0 Å². The van der Waals surface area contributed by atoms with E-state index in [2.05, 4.69) is 31.1 Å². The van der Waals surface area contributed by atoms with Crippen molar-refractivity contribution in [2.45, 2.75) is 17.6 Å². The van der Waals surface area contributed by atoms with Gasteiger partial charge in [0.2, 0.25) is 0 Å². The molecule has 6 nitrogen and oxygen atoms in total. The van der Waals surface area contributed by atoms with Crippen molar-refractivity contribution in [2.24, 2.45) is 0 Å². The molecule has 0 saturated heterocycles. The monoisotopic (exact) mass is 518 g/mol. The molecule has 0 radical (unpaired) electrons. The van der Waals surface area contributed by atoms with Gasteiger partial charge in [-0.25, -0.2) is 8.42 Å². The molecule has 0 unspecified atom stereocenters. The molecule has 4 rings (SSSR count). The lowest BCUT2D eigenvalue weighted by Gasteiger charge is -2.30. The molecule has 0 fully saturated rings. The van der Waals surface area contributed by atoms with Gasteiger partial charge in [-0.3, -0.25) is 14.4 Å². The molecule has 2 aromatic heterocycles. The third-order valence-electron chi connectivity index (χ3n) is 4.46. The maximum atomic E-state index is 13.3. The van der Waals surface area contributed by atoms with E-state index in [9.17, 15) is 21.6 Å². The number of aromatic amines is 1. The molecule has 1 N–H and O–H groups in total. The number of rotatable bonds is 3. The fourth-order valence-electron chi connectivity index (χ4n) is 2.98. The van der Waals surface area contributed by atoms with Crippen LogP contribution in [0.25, 0.3) is 11.8 Å². The number of nitrogens with zero attached hydrogens (tertiary/aromatic N) is 3. The number of alkyl halides is 3. The first kappa shape index (κ1) is 20.9. The number of sulfonamides is 1. The van der Waals surface area contributed by atoms with Gasteiger partial charge in [-0.2, -0.15) is 18.3 Å². The van der Waals surface area contributed by atoms with Crippen LogP contribution in [0.4, 0.5) is 13.2 Å². The predicted molar refractivity (Wildman–Crippen MR) is 108 cm³/mol. The van der Waals surface area contributed by atoms with Crippen molar-refractivity contribution in [2.75, 3.05) is 0 Å². The Hall–Kier alpha value is -2.37. The molecule has 3 aromatic rings. The van der Waals surface area contributed by atoms with Crippen molar-refractivity contribution in [3.05, 3.63) is 74.7 Å². The van der Waals surface area contributed by atoms with Crippen LogP contribution in [0, 0.1) is 0 Å². The van der Waals surface area contributed by atoms with E-state index in [0.29, 0.717) is 38.6 Å². The van der Waals surface area contributed by atoms with Crippen LogP contribution < -0.4 is 0 Å². The van der Waals surface area contributed by atoms with Crippen molar-refractivity contribution >= 4 is 49.3 Å². The first-order valence-corrected chi connectivity index (χ1v) is 10.9. The summed E-state index contributed by atoms with van der Waals surface area (Å²) in [6, 6.07) is 6.51. The van der Waals surface area contributed by atoms with E-state index in [1.807, 2.05) is 0 Å². The zero-order chi connectivity index (χ0) is 21.7. The Balaban J connectivity index is 1.84. The molecule has 0 aliphatic carbocycles. The normalized spacial score (nSPS) is 14.4. The number of aromatic nitrogens is 3. The maximum Gasteiger partial charge on any atom is 0.433 e. The number of pyridine rings is 1. The molecule has 0 saturated carbocycles. The van der Waals surface area contributed by atoms with E-state index in [-0.39, 0.29) is 17.1 Å². The number of hydrogen-bond donors (Lipinski definition) is 1. The molecule has 1 aliphatic heterocycles. The topological polar surface area (TPSA) is 79.0 Å². The molecule has 12 heteroatoms. The van der Waals surface area contributed by atoms with Gasteiger partial charge in [0, 0.05) is 21.8 Å². The summed E-state index contributed by atoms with van der Waals surface area (Å²) in [6.45, 7) is -0.0695. The lowest BCUT2D eigenvalue weighted by Crippen LogP contribution is -2.31. The van der Waals surface area contributed by atoms with E-state index in [4.69, 9.17) is 11.6 Å². The van der Waals surface area contributed by atoms with Gasteiger partial charge in [0.05, 0.1) is 29.2 Å². The molecule has 0 atom stereocenters. The van der Waals surface area contributed by atoms with Gasteiger partial charge >= 0.3 is 6.18 Å². The predicted octanol–water partition coefficient (Wildman–Crippen LogP) is 4.94. The minimum Gasteiger partial charge on any atom is -0.278 e. The Morgan fingerprint density at radius 1 is 1.17 bits per heavy atom. The first-order valence-electron chi connectivity index (χ1n) is 8.33. The van der Waals surface area contributed by atoms with E-state index >= 15 is 0 Å². The van der Waals surface area contributed by atoms with Gasteiger partial charge in [0.1, 0.15) is 10.6 Å². The van der Waals surface area contributed by atoms with Crippen LogP contribution in [0.3, 0.4) is 0 Å². The molecule has 1 aliphatic rings. The molecule has 3 heterocycles. The van der Waals surface area contributed by atoms with Gasteiger partial charge in [0.25, 0.3) is 10.0 Å². The second-order valence-corrected chi connectivity index (χ2v) is 9.39. The summed E-state index contributed by atoms with van der Waals surface area (Å²) >= 11 is 9.54. The molecular weight excluding hydrogens is 509 g/mol. The number of benzene rings is 1. The minimum absolute atomic E-state index is 0.0695. The summed E-state index contributed by atoms with van der Waals surface area (Å²) in [5.74, 6) is 0. The lowest BCUT2D eigenvalue weighted by atomic mass is 10.1. The zero-order valence-electron chi connectivity index (χ0n) is 14.8. The first-order chi connectivity index (χ1) is 14.1. The van der Waals surface area contributed by atoms with Crippen LogP contribution >= 0.6 is 27.5 Å². The standard InChI is InChI=1S/C18H11BrClF3N4O2S/c19-17-12(2-1-3-13(17)20)15-6-14-10(7-25-26-14)9-27(15)30(28,29)11-4-5-16(24-8-11)18(21,22)23/h1-8H,9H2,(H,25,26). The van der Waals surface area contributed by atoms with Crippen LogP contribution in [0.15, 0.2) is 52.1 Å². The Morgan fingerprint density at radius 2 is 1.93 bits per heavy atom. The number of H-pyrrole nitrogens is 1. The number of nitrogens with one attached hydrogen (secondary N) is 1. The molecular formula is C18H11BrClF3N4O2S. The highest BCUT2D eigenvalue weighted by Gasteiger charge is 2.35. The summed E-state index contributed by atoms with van der Waals surface area (Å²) in [6.07, 6.45) is -0.885. The van der Waals surface area contributed by atoms with Crippen molar-refractivity contribution in [1.29, 1.82) is 0 Å². The SMILES string of the molecule is O=S(=O)(c1ccc(C(F)(F)F)nc1)N1Cc2cn[nH]c2C=C1c1cccc(Cl)c1Br. The van der Waals surface area contributed by atoms with Crippen molar-refractivity contribution in [3.8, 4) is 0 Å². The average Bonchev–Trinajstić information content (AvgIpc) is 3.16. The highest BCUT2D eigenvalue weighted by Crippen LogP contribution is 2.39. The third kappa shape index (κ3) is 3.61. The molecule has 30 heavy (non-hydrogen) atoms. The van der Waals surface area contributed by atoms with Gasteiger partial charge in [-0.1, -0.05) is 23.7 Å². The van der Waals surface area contributed by atoms with Crippen LogP contribution in [-0.2, 0) is 22.7 Å². The Bertz CT molecular complexity index is 1260. The summed E-state index contributed by atoms with van der Waals surface area (Å²) in [5, 5.41) is 7.10. The fraction of sp³-hybridized carbons (Fsp3) is 0.111. The smallest absolute Gasteiger partial charge is 0.278 e. The lowest BCUT2D eigenvalue weighted by molar-refractivity contribution is -0.141. The highest BCUT2D eigenvalue weighted by atomic mass is 79.9. The summed E-state index contributed by atoms with van der Waals surface area (Å²) < 4.78 is 66.7. The molecule has 0 spiro atoms. The molecule has 0 amide bonds. The zero-order valence-corrected chi connectivity index (χ0v) is 17.9. The molecule has 0 bridgehead atoms. The van der Waals surface area contributed by atoms with Crippen LogP contribution in [0.5, 0.6) is 0 Å². The van der Waals surface area contributed by atoms with E-state index in [0.717, 1.165) is 10.4 Å². The van der Waals surface area contributed by atoms with Crippen LogP contribution in [-0.4, -0.2) is 27.9 Å². The maximum absolute atomic E-state index is 13.3. The van der Waals surface area contributed by atoms with Gasteiger partial charge in [-0.15, -0.1) is 0 Å². The Labute approximate surface area is 182 Å². The summed E-state index contributed by atoms with van der Waals surface area (Å²) in [7, 11) is -4.24. The number of halogens is 5. The van der Waals surface area contributed by atoms with E-state index in [1.54, 1.807) is 24.3 Å². The molecule has 1 aromatic carbocycles. The van der Waals surface area contributed by atoms with E-state index < -0.39 is 21.9 Å². The largest absolute Gasteiger partial charge is 0.433 e. The average molecular weight is 520 g/mol. The minimum atomic E-state index is -4.67. The Kier molecular flexibility index (Phi) is 5.15. The van der Waals surface area contributed by atoms with Crippen molar-refractivity contribution in [1.82, 2.24) is 19.5 Å². The number of hydrogen-bond acceptors (Lipinski definition) is 4. The van der Waals surface area contributed by atoms with Crippen LogP contribution in [0.2, 0.25) is 5.02 Å². The third-order valence-corrected chi connectivity index (χ3v) is 7.60. The summed E-state index contributed by atoms with van der Waals surface area (Å²) in [5.41, 5.74) is 0.826. The van der Waals surface area contributed by atoms with Gasteiger partial charge in [-0.05, 0) is 40.2 Å². The molecule has 156 valence electrons. The second kappa shape index (κ2) is 7.40.